The van der Waals surface area contributed by atoms with Crippen LogP contribution in [0.2, 0.25) is 0 Å². The quantitative estimate of drug-likeness (QED) is 0.633. The Balaban J connectivity index is 1.40. The minimum Gasteiger partial charge on any atom is -0.381 e. The lowest BCUT2D eigenvalue weighted by Gasteiger charge is -2.40. The van der Waals surface area contributed by atoms with Crippen LogP contribution in [0.4, 0.5) is 0 Å². The fourth-order valence-corrected chi connectivity index (χ4v) is 5.24. The Hall–Kier alpha value is -2.70. The van der Waals surface area contributed by atoms with Crippen LogP contribution in [0.15, 0.2) is 55.0 Å². The lowest BCUT2D eigenvalue weighted by atomic mass is 9.72. The van der Waals surface area contributed by atoms with Crippen LogP contribution < -0.4 is 0 Å². The summed E-state index contributed by atoms with van der Waals surface area (Å²) in [6.45, 7) is 5.87. The molecule has 2 saturated heterocycles. The molecular weight excluding hydrogens is 402 g/mol. The van der Waals surface area contributed by atoms with Crippen molar-refractivity contribution in [1.29, 1.82) is 0 Å². The van der Waals surface area contributed by atoms with Gasteiger partial charge in [-0.2, -0.15) is 0 Å². The highest BCUT2D eigenvalue weighted by Crippen LogP contribution is 2.37. The van der Waals surface area contributed by atoms with Crippen molar-refractivity contribution in [2.45, 2.75) is 31.6 Å². The third kappa shape index (κ3) is 4.05. The predicted octanol–water partition coefficient (Wildman–Crippen LogP) is 3.41. The zero-order chi connectivity index (χ0) is 22.0. The third-order valence-corrected chi connectivity index (χ3v) is 6.97. The van der Waals surface area contributed by atoms with E-state index in [0.29, 0.717) is 39.5 Å². The lowest BCUT2D eigenvalue weighted by Crippen LogP contribution is -2.51. The summed E-state index contributed by atoms with van der Waals surface area (Å²) in [4.78, 5) is 20.8. The Bertz CT molecular complexity index is 1090. The highest BCUT2D eigenvalue weighted by Gasteiger charge is 2.44. The summed E-state index contributed by atoms with van der Waals surface area (Å²) in [5, 5.41) is 0. The molecule has 0 unspecified atom stereocenters. The Morgan fingerprint density at radius 2 is 2.00 bits per heavy atom. The second kappa shape index (κ2) is 9.04. The number of aryl methyl sites for hydroxylation is 1. The van der Waals surface area contributed by atoms with E-state index >= 15 is 0 Å². The second-order valence-corrected chi connectivity index (χ2v) is 9.13. The smallest absolute Gasteiger partial charge is 0.233 e. The number of nitrogens with zero attached hydrogens (tertiary/aromatic N) is 3. The Morgan fingerprint density at radius 3 is 2.84 bits per heavy atom. The number of carbonyl (C=O) groups is 1. The van der Waals surface area contributed by atoms with E-state index in [-0.39, 0.29) is 11.8 Å². The van der Waals surface area contributed by atoms with Gasteiger partial charge in [0.25, 0.3) is 0 Å². The fraction of sp³-hybridized carbons (Fsp3) is 0.462. The van der Waals surface area contributed by atoms with Crippen molar-refractivity contribution in [3.8, 4) is 0 Å². The number of aromatic nitrogens is 2. The first-order valence-electron chi connectivity index (χ1n) is 11.6. The SMILES string of the molecule is Cc1cccc(C2(C(=O)N3CCOC[C@@H](Cc4nccn5cccc45)C3)CCOCC2)c1. The maximum absolute atomic E-state index is 14.1. The van der Waals surface area contributed by atoms with Gasteiger partial charge in [-0.1, -0.05) is 29.8 Å². The average molecular weight is 434 g/mol. The van der Waals surface area contributed by atoms with E-state index < -0.39 is 5.41 Å². The average Bonchev–Trinajstić information content (AvgIpc) is 3.19. The summed E-state index contributed by atoms with van der Waals surface area (Å²) >= 11 is 0. The third-order valence-electron chi connectivity index (χ3n) is 6.97. The molecule has 6 nitrogen and oxygen atoms in total. The van der Waals surface area contributed by atoms with E-state index in [1.165, 1.54) is 5.56 Å². The summed E-state index contributed by atoms with van der Waals surface area (Å²) in [6, 6.07) is 12.6. The molecule has 3 aromatic rings. The number of ether oxygens (including phenoxy) is 2. The van der Waals surface area contributed by atoms with Crippen molar-refractivity contribution < 1.29 is 14.3 Å². The molecular formula is C26H31N3O3. The molecule has 2 aromatic heterocycles. The van der Waals surface area contributed by atoms with Gasteiger partial charge >= 0.3 is 0 Å². The Labute approximate surface area is 189 Å². The first-order chi connectivity index (χ1) is 15.7. The molecule has 2 aliphatic heterocycles. The first kappa shape index (κ1) is 21.2. The minimum absolute atomic E-state index is 0.212. The molecule has 1 amide bonds. The van der Waals surface area contributed by atoms with Gasteiger partial charge in [0.15, 0.2) is 0 Å². The van der Waals surface area contributed by atoms with E-state index in [1.807, 2.05) is 29.6 Å². The lowest BCUT2D eigenvalue weighted by molar-refractivity contribution is -0.141. The molecule has 0 N–H and O–H groups in total. The molecule has 2 aliphatic rings. The summed E-state index contributed by atoms with van der Waals surface area (Å²) < 4.78 is 13.7. The molecule has 1 atom stereocenters. The van der Waals surface area contributed by atoms with Crippen molar-refractivity contribution >= 4 is 11.4 Å². The van der Waals surface area contributed by atoms with Gasteiger partial charge < -0.3 is 18.8 Å². The zero-order valence-corrected chi connectivity index (χ0v) is 18.7. The second-order valence-electron chi connectivity index (χ2n) is 9.13. The topological polar surface area (TPSA) is 56.1 Å². The van der Waals surface area contributed by atoms with Gasteiger partial charge in [-0.3, -0.25) is 9.78 Å². The molecule has 4 heterocycles. The van der Waals surface area contributed by atoms with Crippen LogP contribution in [-0.2, 0) is 26.1 Å². The number of fused-ring (bicyclic) bond motifs is 1. The van der Waals surface area contributed by atoms with Gasteiger partial charge in [0.2, 0.25) is 5.91 Å². The molecule has 6 heteroatoms. The van der Waals surface area contributed by atoms with Crippen molar-refractivity contribution in [2.24, 2.45) is 5.92 Å². The maximum Gasteiger partial charge on any atom is 0.233 e. The van der Waals surface area contributed by atoms with E-state index in [0.717, 1.165) is 36.0 Å². The highest BCUT2D eigenvalue weighted by molar-refractivity contribution is 5.88. The molecule has 5 rings (SSSR count). The maximum atomic E-state index is 14.1. The fourth-order valence-electron chi connectivity index (χ4n) is 5.24. The van der Waals surface area contributed by atoms with Crippen LogP contribution in [0, 0.1) is 12.8 Å². The van der Waals surface area contributed by atoms with E-state index in [1.54, 1.807) is 0 Å². The largest absolute Gasteiger partial charge is 0.381 e. The van der Waals surface area contributed by atoms with Gasteiger partial charge in [0.05, 0.1) is 29.8 Å². The monoisotopic (exact) mass is 433 g/mol. The molecule has 32 heavy (non-hydrogen) atoms. The summed E-state index contributed by atoms with van der Waals surface area (Å²) in [6.07, 6.45) is 8.09. The summed E-state index contributed by atoms with van der Waals surface area (Å²) in [7, 11) is 0. The van der Waals surface area contributed by atoms with Crippen molar-refractivity contribution in [3.05, 3.63) is 71.8 Å². The van der Waals surface area contributed by atoms with Gasteiger partial charge in [0.1, 0.15) is 0 Å². The van der Waals surface area contributed by atoms with Gasteiger partial charge in [-0.05, 0) is 43.9 Å². The van der Waals surface area contributed by atoms with Gasteiger partial charge in [-0.15, -0.1) is 0 Å². The van der Waals surface area contributed by atoms with Crippen LogP contribution in [0.3, 0.4) is 0 Å². The zero-order valence-electron chi connectivity index (χ0n) is 18.7. The Morgan fingerprint density at radius 1 is 1.12 bits per heavy atom. The number of benzene rings is 1. The van der Waals surface area contributed by atoms with Crippen molar-refractivity contribution in [1.82, 2.24) is 14.3 Å². The number of hydrogen-bond acceptors (Lipinski definition) is 4. The number of hydrogen-bond donors (Lipinski definition) is 0. The molecule has 0 aliphatic carbocycles. The molecule has 1 aromatic carbocycles. The van der Waals surface area contributed by atoms with Crippen LogP contribution in [0.25, 0.3) is 5.52 Å². The van der Waals surface area contributed by atoms with E-state index in [4.69, 9.17) is 9.47 Å². The van der Waals surface area contributed by atoms with Crippen LogP contribution in [0.1, 0.15) is 29.7 Å². The van der Waals surface area contributed by atoms with Crippen LogP contribution in [-0.4, -0.2) is 59.7 Å². The number of rotatable bonds is 4. The molecule has 0 spiro atoms. The predicted molar refractivity (Wildman–Crippen MR) is 123 cm³/mol. The summed E-state index contributed by atoms with van der Waals surface area (Å²) in [5.41, 5.74) is 3.96. The number of amides is 1. The molecule has 0 radical (unpaired) electrons. The molecule has 168 valence electrons. The standard InChI is InChI=1S/C26H31N3O3/c1-20-4-2-5-22(16-20)26(7-13-31-14-8-26)25(30)29-12-15-32-19-21(18-29)17-23-24-6-3-10-28(24)11-9-27-23/h2-6,9-11,16,21H,7-8,12-15,17-19H2,1H3/t21-/m0/s1. The molecule has 0 bridgehead atoms. The van der Waals surface area contributed by atoms with E-state index in [2.05, 4.69) is 46.6 Å². The minimum atomic E-state index is -0.515. The Kier molecular flexibility index (Phi) is 5.98. The van der Waals surface area contributed by atoms with Crippen molar-refractivity contribution in [2.75, 3.05) is 39.5 Å². The molecule has 0 saturated carbocycles. The van der Waals surface area contributed by atoms with Gasteiger partial charge in [0, 0.05) is 50.8 Å². The number of carbonyl (C=O) groups excluding carboxylic acids is 1. The highest BCUT2D eigenvalue weighted by atomic mass is 16.5. The van der Waals surface area contributed by atoms with Crippen molar-refractivity contribution in [3.63, 3.8) is 0 Å². The normalized spacial score (nSPS) is 21.4. The summed E-state index contributed by atoms with van der Waals surface area (Å²) in [5.74, 6) is 0.431. The van der Waals surface area contributed by atoms with Crippen LogP contribution >= 0.6 is 0 Å². The van der Waals surface area contributed by atoms with Crippen LogP contribution in [0.5, 0.6) is 0 Å². The van der Waals surface area contributed by atoms with Gasteiger partial charge in [-0.25, -0.2) is 0 Å². The first-order valence-corrected chi connectivity index (χ1v) is 11.6. The van der Waals surface area contributed by atoms with E-state index in [9.17, 15) is 4.79 Å². The molecule has 2 fully saturated rings.